The van der Waals surface area contributed by atoms with Crippen LogP contribution in [0.3, 0.4) is 0 Å². The molecule has 2 aliphatic rings. The summed E-state index contributed by atoms with van der Waals surface area (Å²) in [5.74, 6) is 0.0935. The fourth-order valence-corrected chi connectivity index (χ4v) is 3.95. The van der Waals surface area contributed by atoms with Gasteiger partial charge in [-0.3, -0.25) is 14.5 Å². The quantitative estimate of drug-likeness (QED) is 0.842. The summed E-state index contributed by atoms with van der Waals surface area (Å²) in [6, 6.07) is 0.0712. The van der Waals surface area contributed by atoms with Crippen molar-refractivity contribution in [3.05, 3.63) is 0 Å². The smallest absolute Gasteiger partial charge is 0.320 e. The topological polar surface area (TPSA) is 60.9 Å². The number of carbonyl (C=O) groups is 2. The Morgan fingerprint density at radius 2 is 1.86 bits per heavy atom. The number of likely N-dealkylation sites (tertiary alicyclic amines) is 1. The molecule has 1 heterocycles. The number of carboxylic acid groups (broad SMARTS) is 1. The fourth-order valence-electron chi connectivity index (χ4n) is 3.95. The Balaban J connectivity index is 1.96. The van der Waals surface area contributed by atoms with Crippen LogP contribution in [-0.2, 0) is 9.59 Å². The van der Waals surface area contributed by atoms with Crippen LogP contribution in [0.4, 0.5) is 0 Å². The van der Waals surface area contributed by atoms with Crippen LogP contribution >= 0.6 is 0 Å². The lowest BCUT2D eigenvalue weighted by Crippen LogP contribution is -2.55. The fraction of sp³-hybridized carbons (Fsp3) is 0.875. The minimum atomic E-state index is -0.696. The first-order chi connectivity index (χ1) is 10.0. The summed E-state index contributed by atoms with van der Waals surface area (Å²) in [5, 5.41) is 9.48. The van der Waals surface area contributed by atoms with Gasteiger partial charge in [-0.15, -0.1) is 0 Å². The van der Waals surface area contributed by atoms with Gasteiger partial charge in [0.15, 0.2) is 0 Å². The third-order valence-corrected chi connectivity index (χ3v) is 5.10. The van der Waals surface area contributed by atoms with Crippen molar-refractivity contribution in [1.29, 1.82) is 0 Å². The predicted octanol–water partition coefficient (Wildman–Crippen LogP) is 1.96. The lowest BCUT2D eigenvalue weighted by molar-refractivity contribution is -0.148. The molecule has 5 nitrogen and oxygen atoms in total. The van der Waals surface area contributed by atoms with E-state index in [1.807, 2.05) is 0 Å². The standard InChI is InChI=1S/C16H28N2O3/c1-17(2)15(19)8-5-11-18-13-7-4-3-6-12(13)9-10-14(18)16(20)21/h12-14H,3-11H2,1-2H3,(H,20,21). The van der Waals surface area contributed by atoms with Gasteiger partial charge in [0.05, 0.1) is 0 Å². The van der Waals surface area contributed by atoms with E-state index in [9.17, 15) is 14.7 Å². The van der Waals surface area contributed by atoms with Gasteiger partial charge in [-0.2, -0.15) is 0 Å². The second-order valence-electron chi connectivity index (χ2n) is 6.67. The molecule has 0 aromatic carbocycles. The van der Waals surface area contributed by atoms with Crippen LogP contribution in [0.25, 0.3) is 0 Å². The summed E-state index contributed by atoms with van der Waals surface area (Å²) in [4.78, 5) is 27.0. The van der Waals surface area contributed by atoms with Crippen LogP contribution < -0.4 is 0 Å². The van der Waals surface area contributed by atoms with Crippen molar-refractivity contribution >= 4 is 11.9 Å². The van der Waals surface area contributed by atoms with E-state index in [0.29, 0.717) is 18.4 Å². The van der Waals surface area contributed by atoms with Gasteiger partial charge in [0.2, 0.25) is 5.91 Å². The van der Waals surface area contributed by atoms with Gasteiger partial charge in [0.25, 0.3) is 0 Å². The van der Waals surface area contributed by atoms with Crippen LogP contribution in [0.2, 0.25) is 0 Å². The highest BCUT2D eigenvalue weighted by Gasteiger charge is 2.40. The monoisotopic (exact) mass is 296 g/mol. The number of fused-ring (bicyclic) bond motifs is 1. The van der Waals surface area contributed by atoms with E-state index in [0.717, 1.165) is 32.2 Å². The Hall–Kier alpha value is -1.10. The number of hydrogen-bond donors (Lipinski definition) is 1. The average molecular weight is 296 g/mol. The molecule has 120 valence electrons. The largest absolute Gasteiger partial charge is 0.480 e. The number of piperidine rings is 1. The Bertz CT molecular complexity index is 384. The number of rotatable bonds is 5. The van der Waals surface area contributed by atoms with Crippen molar-refractivity contribution < 1.29 is 14.7 Å². The number of carbonyl (C=O) groups excluding carboxylic acids is 1. The van der Waals surface area contributed by atoms with Gasteiger partial charge in [0.1, 0.15) is 6.04 Å². The highest BCUT2D eigenvalue weighted by molar-refractivity contribution is 5.75. The molecule has 2 fully saturated rings. The van der Waals surface area contributed by atoms with Crippen molar-refractivity contribution in [3.8, 4) is 0 Å². The molecule has 3 unspecified atom stereocenters. The maximum Gasteiger partial charge on any atom is 0.320 e. The molecule has 0 aromatic rings. The molecule has 21 heavy (non-hydrogen) atoms. The van der Waals surface area contributed by atoms with Crippen LogP contribution in [0.1, 0.15) is 51.4 Å². The molecule has 1 saturated heterocycles. The molecule has 0 aromatic heterocycles. The molecule has 1 amide bonds. The molecule has 0 radical (unpaired) electrons. The lowest BCUT2D eigenvalue weighted by atomic mass is 9.76. The van der Waals surface area contributed by atoms with Crippen molar-refractivity contribution in [3.63, 3.8) is 0 Å². The maximum atomic E-state index is 11.7. The second kappa shape index (κ2) is 7.25. The van der Waals surface area contributed by atoms with Crippen LogP contribution in [0.5, 0.6) is 0 Å². The first-order valence-corrected chi connectivity index (χ1v) is 8.19. The zero-order chi connectivity index (χ0) is 15.4. The minimum absolute atomic E-state index is 0.124. The SMILES string of the molecule is CN(C)C(=O)CCCN1C(C(=O)O)CCC2CCCCC21. The Morgan fingerprint density at radius 1 is 1.14 bits per heavy atom. The molecular formula is C16H28N2O3. The van der Waals surface area contributed by atoms with E-state index in [2.05, 4.69) is 4.90 Å². The number of carboxylic acids is 1. The summed E-state index contributed by atoms with van der Waals surface area (Å²) in [7, 11) is 3.53. The normalized spacial score (nSPS) is 29.7. The van der Waals surface area contributed by atoms with Crippen LogP contribution in [0.15, 0.2) is 0 Å². The van der Waals surface area contributed by atoms with Crippen molar-refractivity contribution in [2.24, 2.45) is 5.92 Å². The Kier molecular flexibility index (Phi) is 5.62. The van der Waals surface area contributed by atoms with E-state index in [1.165, 1.54) is 19.3 Å². The molecule has 1 aliphatic carbocycles. The van der Waals surface area contributed by atoms with Gasteiger partial charge in [0, 0.05) is 26.6 Å². The van der Waals surface area contributed by atoms with Gasteiger partial charge in [-0.1, -0.05) is 12.8 Å². The predicted molar refractivity (Wildman–Crippen MR) is 81.0 cm³/mol. The number of nitrogens with zero attached hydrogens (tertiary/aromatic N) is 2. The van der Waals surface area contributed by atoms with Gasteiger partial charge in [-0.25, -0.2) is 0 Å². The summed E-state index contributed by atoms with van der Waals surface area (Å²) in [6.45, 7) is 0.734. The van der Waals surface area contributed by atoms with Crippen LogP contribution in [0, 0.1) is 5.92 Å². The highest BCUT2D eigenvalue weighted by Crippen LogP contribution is 2.38. The summed E-state index contributed by atoms with van der Waals surface area (Å²) in [5.41, 5.74) is 0. The molecule has 1 aliphatic heterocycles. The Morgan fingerprint density at radius 3 is 2.52 bits per heavy atom. The molecule has 1 N–H and O–H groups in total. The summed E-state index contributed by atoms with van der Waals surface area (Å²) < 4.78 is 0. The molecule has 5 heteroatoms. The summed E-state index contributed by atoms with van der Waals surface area (Å²) >= 11 is 0. The van der Waals surface area contributed by atoms with E-state index in [-0.39, 0.29) is 11.9 Å². The number of aliphatic carboxylic acids is 1. The molecule has 0 bridgehead atoms. The van der Waals surface area contributed by atoms with E-state index >= 15 is 0 Å². The second-order valence-corrected chi connectivity index (χ2v) is 6.67. The average Bonchev–Trinajstić information content (AvgIpc) is 2.46. The number of amides is 1. The lowest BCUT2D eigenvalue weighted by Gasteiger charge is -2.47. The van der Waals surface area contributed by atoms with E-state index in [4.69, 9.17) is 0 Å². The third-order valence-electron chi connectivity index (χ3n) is 5.10. The van der Waals surface area contributed by atoms with Crippen molar-refractivity contribution in [1.82, 2.24) is 9.80 Å². The van der Waals surface area contributed by atoms with E-state index in [1.54, 1.807) is 19.0 Å². The molecule has 3 atom stereocenters. The molecule has 1 saturated carbocycles. The molecule has 0 spiro atoms. The van der Waals surface area contributed by atoms with Crippen molar-refractivity contribution in [2.45, 2.75) is 63.5 Å². The van der Waals surface area contributed by atoms with E-state index < -0.39 is 5.97 Å². The minimum Gasteiger partial charge on any atom is -0.480 e. The first kappa shape index (κ1) is 16.3. The zero-order valence-corrected chi connectivity index (χ0v) is 13.3. The Labute approximate surface area is 127 Å². The zero-order valence-electron chi connectivity index (χ0n) is 13.3. The van der Waals surface area contributed by atoms with Gasteiger partial charge >= 0.3 is 5.97 Å². The van der Waals surface area contributed by atoms with Gasteiger partial charge in [-0.05, 0) is 44.6 Å². The molecular weight excluding hydrogens is 268 g/mol. The highest BCUT2D eigenvalue weighted by atomic mass is 16.4. The summed E-state index contributed by atoms with van der Waals surface area (Å²) in [6.07, 6.45) is 7.93. The third kappa shape index (κ3) is 3.96. The molecule has 2 rings (SSSR count). The van der Waals surface area contributed by atoms with Crippen LogP contribution in [-0.4, -0.2) is 59.5 Å². The first-order valence-electron chi connectivity index (χ1n) is 8.19. The number of hydrogen-bond acceptors (Lipinski definition) is 3. The van der Waals surface area contributed by atoms with Crippen molar-refractivity contribution in [2.75, 3.05) is 20.6 Å². The van der Waals surface area contributed by atoms with Gasteiger partial charge < -0.3 is 10.0 Å². The maximum absolute atomic E-state index is 11.7.